The number of amides is 1. The van der Waals surface area contributed by atoms with E-state index in [0.717, 1.165) is 18.9 Å². The molecule has 0 aliphatic carbocycles. The maximum absolute atomic E-state index is 12.7. The van der Waals surface area contributed by atoms with Crippen LogP contribution in [0.3, 0.4) is 0 Å². The van der Waals surface area contributed by atoms with E-state index in [-0.39, 0.29) is 17.8 Å². The Bertz CT molecular complexity index is 830. The lowest BCUT2D eigenvalue weighted by atomic mass is 10.2. The Labute approximate surface area is 155 Å². The number of methoxy groups -OCH3 is 3. The summed E-state index contributed by atoms with van der Waals surface area (Å²) in [6, 6.07) is 5.84. The van der Waals surface area contributed by atoms with Gasteiger partial charge in [0.05, 0.1) is 21.3 Å². The predicted octanol–water partition coefficient (Wildman–Crippen LogP) is 1.45. The smallest absolute Gasteiger partial charge is 0.361 e. The maximum Gasteiger partial charge on any atom is 0.361 e. The number of benzene rings is 1. The second-order valence-electron chi connectivity index (χ2n) is 5.36. The van der Waals surface area contributed by atoms with E-state index in [1.54, 1.807) is 38.3 Å². The predicted molar refractivity (Wildman–Crippen MR) is 93.7 cm³/mol. The number of nitrogens with zero attached hydrogens (tertiary/aromatic N) is 3. The lowest BCUT2D eigenvalue weighted by molar-refractivity contribution is -0.119. The average molecular weight is 376 g/mol. The van der Waals surface area contributed by atoms with E-state index in [1.165, 1.54) is 0 Å². The molecule has 10 nitrogen and oxygen atoms in total. The third-order valence-electron chi connectivity index (χ3n) is 3.79. The van der Waals surface area contributed by atoms with Crippen molar-refractivity contribution in [3.05, 3.63) is 35.7 Å². The van der Waals surface area contributed by atoms with Gasteiger partial charge in [0.2, 0.25) is 11.6 Å². The molecular weight excluding hydrogens is 356 g/mol. The molecule has 144 valence electrons. The molecule has 1 amide bonds. The molecular formula is C17H20N4O6. The van der Waals surface area contributed by atoms with Crippen LogP contribution >= 0.6 is 0 Å². The highest BCUT2D eigenvalue weighted by Crippen LogP contribution is 2.21. The molecule has 2 rings (SSSR count). The van der Waals surface area contributed by atoms with Crippen molar-refractivity contribution in [3.63, 3.8) is 0 Å². The van der Waals surface area contributed by atoms with Crippen LogP contribution in [0.1, 0.15) is 40.4 Å². The van der Waals surface area contributed by atoms with Crippen LogP contribution in [0.25, 0.3) is 0 Å². The summed E-state index contributed by atoms with van der Waals surface area (Å²) in [5, 5.41) is 10.2. The van der Waals surface area contributed by atoms with Gasteiger partial charge in [0, 0.05) is 5.69 Å². The van der Waals surface area contributed by atoms with Gasteiger partial charge in [-0.1, -0.05) is 12.1 Å². The molecule has 1 heterocycles. The normalized spacial score (nSPS) is 11.4. The summed E-state index contributed by atoms with van der Waals surface area (Å²) < 4.78 is 15.4. The summed E-state index contributed by atoms with van der Waals surface area (Å²) in [6.45, 7) is 1.73. The summed E-state index contributed by atoms with van der Waals surface area (Å²) in [6.07, 6.45) is 0.288. The number of hydrogen-bond donors (Lipinski definition) is 1. The van der Waals surface area contributed by atoms with Crippen LogP contribution in [-0.2, 0) is 14.3 Å². The topological polar surface area (TPSA) is 122 Å². The van der Waals surface area contributed by atoms with E-state index in [1.807, 2.05) is 0 Å². The summed E-state index contributed by atoms with van der Waals surface area (Å²) >= 11 is 0. The largest absolute Gasteiger partial charge is 0.497 e. The van der Waals surface area contributed by atoms with E-state index < -0.39 is 23.9 Å². The molecule has 0 saturated heterocycles. The second-order valence-corrected chi connectivity index (χ2v) is 5.36. The molecule has 1 aromatic heterocycles. The van der Waals surface area contributed by atoms with Crippen LogP contribution in [0.4, 0.5) is 5.69 Å². The maximum atomic E-state index is 12.7. The van der Waals surface area contributed by atoms with Crippen LogP contribution in [0.5, 0.6) is 5.75 Å². The fourth-order valence-corrected chi connectivity index (χ4v) is 2.40. The van der Waals surface area contributed by atoms with Crippen LogP contribution < -0.4 is 10.1 Å². The Morgan fingerprint density at radius 3 is 2.22 bits per heavy atom. The van der Waals surface area contributed by atoms with Crippen molar-refractivity contribution in [1.82, 2.24) is 15.0 Å². The van der Waals surface area contributed by atoms with Gasteiger partial charge in [-0.2, -0.15) is 0 Å². The SMILES string of the molecule is CC[C@@H](C(=O)Nc1ccc(OC)cc1)n1nnc(C(=O)OC)c1C(=O)OC. The minimum absolute atomic E-state index is 0.249. The Kier molecular flexibility index (Phi) is 6.47. The number of anilines is 1. The first-order valence-electron chi connectivity index (χ1n) is 8.03. The Balaban J connectivity index is 2.35. The molecule has 1 N–H and O–H groups in total. The summed E-state index contributed by atoms with van der Waals surface area (Å²) in [7, 11) is 3.84. The van der Waals surface area contributed by atoms with Crippen LogP contribution in [0, 0.1) is 0 Å². The van der Waals surface area contributed by atoms with Gasteiger partial charge in [-0.15, -0.1) is 5.10 Å². The molecule has 1 atom stereocenters. The second kappa shape index (κ2) is 8.79. The molecule has 0 radical (unpaired) electrons. The van der Waals surface area contributed by atoms with Crippen molar-refractivity contribution < 1.29 is 28.6 Å². The molecule has 0 bridgehead atoms. The van der Waals surface area contributed by atoms with Crippen molar-refractivity contribution >= 4 is 23.5 Å². The zero-order chi connectivity index (χ0) is 20.0. The first-order valence-corrected chi connectivity index (χ1v) is 8.03. The highest BCUT2D eigenvalue weighted by molar-refractivity contribution is 6.01. The van der Waals surface area contributed by atoms with Crippen LogP contribution in [0.2, 0.25) is 0 Å². The van der Waals surface area contributed by atoms with Crippen molar-refractivity contribution in [2.75, 3.05) is 26.6 Å². The lowest BCUT2D eigenvalue weighted by Crippen LogP contribution is -2.29. The Morgan fingerprint density at radius 1 is 1.07 bits per heavy atom. The number of hydrogen-bond acceptors (Lipinski definition) is 8. The van der Waals surface area contributed by atoms with Crippen molar-refractivity contribution in [1.29, 1.82) is 0 Å². The molecule has 0 spiro atoms. The quantitative estimate of drug-likeness (QED) is 0.721. The van der Waals surface area contributed by atoms with Crippen LogP contribution in [-0.4, -0.2) is 54.2 Å². The van der Waals surface area contributed by atoms with E-state index in [0.29, 0.717) is 11.4 Å². The summed E-state index contributed by atoms with van der Waals surface area (Å²) in [5.74, 6) is -1.50. The number of nitrogens with one attached hydrogen (secondary N) is 1. The highest BCUT2D eigenvalue weighted by atomic mass is 16.5. The lowest BCUT2D eigenvalue weighted by Gasteiger charge is -2.17. The van der Waals surface area contributed by atoms with Gasteiger partial charge in [0.15, 0.2) is 5.69 Å². The zero-order valence-electron chi connectivity index (χ0n) is 15.4. The van der Waals surface area contributed by atoms with Crippen molar-refractivity contribution in [2.45, 2.75) is 19.4 Å². The van der Waals surface area contributed by atoms with Crippen molar-refractivity contribution in [3.8, 4) is 5.75 Å². The molecule has 2 aromatic rings. The van der Waals surface area contributed by atoms with Gasteiger partial charge in [0.1, 0.15) is 11.8 Å². The van der Waals surface area contributed by atoms with Gasteiger partial charge in [0.25, 0.3) is 0 Å². The van der Waals surface area contributed by atoms with E-state index in [9.17, 15) is 14.4 Å². The molecule has 0 fully saturated rings. The Morgan fingerprint density at radius 2 is 1.70 bits per heavy atom. The van der Waals surface area contributed by atoms with E-state index in [2.05, 4.69) is 20.4 Å². The van der Waals surface area contributed by atoms with E-state index >= 15 is 0 Å². The van der Waals surface area contributed by atoms with Gasteiger partial charge in [-0.05, 0) is 30.7 Å². The van der Waals surface area contributed by atoms with Gasteiger partial charge < -0.3 is 19.5 Å². The standard InChI is InChI=1S/C17H20N4O6/c1-5-12(15(22)18-10-6-8-11(25-2)9-7-10)21-14(17(24)27-4)13(19-20-21)16(23)26-3/h6-9,12H,5H2,1-4H3,(H,18,22)/t12-/m0/s1. The molecule has 0 aliphatic rings. The number of carbonyl (C=O) groups is 3. The van der Waals surface area contributed by atoms with Gasteiger partial charge in [-0.3, -0.25) is 4.79 Å². The average Bonchev–Trinajstić information content (AvgIpc) is 3.12. The highest BCUT2D eigenvalue weighted by Gasteiger charge is 2.32. The van der Waals surface area contributed by atoms with E-state index in [4.69, 9.17) is 9.47 Å². The number of aromatic nitrogens is 3. The molecule has 10 heteroatoms. The molecule has 0 saturated carbocycles. The number of carbonyl (C=O) groups excluding carboxylic acids is 3. The summed E-state index contributed by atoms with van der Waals surface area (Å²) in [4.78, 5) is 36.7. The van der Waals surface area contributed by atoms with Gasteiger partial charge >= 0.3 is 11.9 Å². The number of rotatable bonds is 7. The molecule has 0 aliphatic heterocycles. The summed E-state index contributed by atoms with van der Waals surface area (Å²) in [5.41, 5.74) is -0.0340. The fourth-order valence-electron chi connectivity index (χ4n) is 2.40. The third kappa shape index (κ3) is 4.22. The minimum Gasteiger partial charge on any atom is -0.497 e. The first kappa shape index (κ1) is 19.9. The first-order chi connectivity index (χ1) is 13.0. The number of ether oxygens (including phenoxy) is 3. The van der Waals surface area contributed by atoms with Gasteiger partial charge in [-0.25, -0.2) is 14.3 Å². The Hall–Kier alpha value is -3.43. The minimum atomic E-state index is -0.896. The third-order valence-corrected chi connectivity index (χ3v) is 3.79. The van der Waals surface area contributed by atoms with Crippen molar-refractivity contribution in [2.24, 2.45) is 0 Å². The molecule has 0 unspecified atom stereocenters. The molecule has 1 aromatic carbocycles. The number of esters is 2. The zero-order valence-corrected chi connectivity index (χ0v) is 15.4. The fraction of sp³-hybridized carbons (Fsp3) is 0.353. The molecule has 27 heavy (non-hydrogen) atoms. The van der Waals surface area contributed by atoms with Crippen LogP contribution in [0.15, 0.2) is 24.3 Å². The monoisotopic (exact) mass is 376 g/mol.